The number of unbranched alkanes of at least 4 members (excludes halogenated alkanes) is 1. The van der Waals surface area contributed by atoms with Crippen molar-refractivity contribution in [1.82, 2.24) is 0 Å². The molecule has 1 aliphatic heterocycles. The smallest absolute Gasteiger partial charge is 0.308 e. The molecule has 1 heterocycles. The summed E-state index contributed by atoms with van der Waals surface area (Å²) in [6.45, 7) is 11.8. The van der Waals surface area contributed by atoms with Crippen LogP contribution in [0.1, 0.15) is 90.7 Å². The molecule has 34 heavy (non-hydrogen) atoms. The van der Waals surface area contributed by atoms with Crippen LogP contribution in [-0.2, 0) is 9.59 Å². The molecule has 1 aliphatic rings. The number of aldehydes is 1. The van der Waals surface area contributed by atoms with Crippen molar-refractivity contribution < 1.29 is 19.1 Å². The third-order valence-corrected chi connectivity index (χ3v) is 5.94. The summed E-state index contributed by atoms with van der Waals surface area (Å²) in [5, 5.41) is 0. The number of rotatable bonds is 12. The maximum absolute atomic E-state index is 11.3. The first-order valence-corrected chi connectivity index (χ1v) is 12.3. The Kier molecular flexibility index (Phi) is 10.6. The zero-order valence-electron chi connectivity index (χ0n) is 21.7. The van der Waals surface area contributed by atoms with E-state index in [1.54, 1.807) is 0 Å². The molecule has 1 aromatic rings. The van der Waals surface area contributed by atoms with Gasteiger partial charge in [0, 0.05) is 12.5 Å². The van der Waals surface area contributed by atoms with Crippen molar-refractivity contribution in [3.05, 3.63) is 64.3 Å². The Morgan fingerprint density at radius 3 is 2.47 bits per heavy atom. The number of allylic oxidation sites excluding steroid dienone is 6. The van der Waals surface area contributed by atoms with Gasteiger partial charge in [-0.3, -0.25) is 9.59 Å². The molecule has 0 radical (unpaired) electrons. The maximum atomic E-state index is 11.3. The standard InChI is InChI=1S/C30H40O4/c1-22(2)11-7-8-14-26(21-31)15-9-12-23(3)13-10-17-30(6)18-16-27-20-28(33-25(5)32)19-24(4)29(27)34-30/h11,13,15-16,18-21H,7-10,12,14,17H2,1-6H3/b23-13+,26-15-. The summed E-state index contributed by atoms with van der Waals surface area (Å²) in [4.78, 5) is 22.6. The number of carbonyl (C=O) groups excluding carboxylic acids is 2. The molecule has 0 spiro atoms. The molecule has 0 amide bonds. The van der Waals surface area contributed by atoms with E-state index in [1.807, 2.05) is 19.1 Å². The third kappa shape index (κ3) is 9.17. The Morgan fingerprint density at radius 2 is 1.79 bits per heavy atom. The summed E-state index contributed by atoms with van der Waals surface area (Å²) in [7, 11) is 0. The van der Waals surface area contributed by atoms with Crippen LogP contribution < -0.4 is 9.47 Å². The second-order valence-electron chi connectivity index (χ2n) is 9.70. The van der Waals surface area contributed by atoms with Gasteiger partial charge in [-0.1, -0.05) is 35.5 Å². The molecule has 0 bridgehead atoms. The zero-order valence-corrected chi connectivity index (χ0v) is 21.7. The second kappa shape index (κ2) is 13.1. The Morgan fingerprint density at radius 1 is 1.03 bits per heavy atom. The quantitative estimate of drug-likeness (QED) is 0.0789. The van der Waals surface area contributed by atoms with Gasteiger partial charge in [0.15, 0.2) is 0 Å². The van der Waals surface area contributed by atoms with Crippen LogP contribution in [0.2, 0.25) is 0 Å². The summed E-state index contributed by atoms with van der Waals surface area (Å²) < 4.78 is 11.6. The van der Waals surface area contributed by atoms with Crippen molar-refractivity contribution >= 4 is 18.3 Å². The topological polar surface area (TPSA) is 52.6 Å². The van der Waals surface area contributed by atoms with Gasteiger partial charge in [-0.2, -0.15) is 0 Å². The van der Waals surface area contributed by atoms with Crippen LogP contribution in [0.25, 0.3) is 6.08 Å². The minimum Gasteiger partial charge on any atom is -0.483 e. The molecule has 0 aromatic heterocycles. The minimum absolute atomic E-state index is 0.329. The van der Waals surface area contributed by atoms with E-state index in [-0.39, 0.29) is 11.6 Å². The van der Waals surface area contributed by atoms with Crippen LogP contribution >= 0.6 is 0 Å². The van der Waals surface area contributed by atoms with Crippen molar-refractivity contribution in [3.63, 3.8) is 0 Å². The highest BCUT2D eigenvalue weighted by molar-refractivity contribution is 5.73. The Balaban J connectivity index is 1.86. The lowest BCUT2D eigenvalue weighted by atomic mass is 9.93. The maximum Gasteiger partial charge on any atom is 0.308 e. The van der Waals surface area contributed by atoms with E-state index in [2.05, 4.69) is 58.1 Å². The molecule has 0 fully saturated rings. The van der Waals surface area contributed by atoms with Gasteiger partial charge in [0.05, 0.1) is 0 Å². The Bertz CT molecular complexity index is 989. The summed E-state index contributed by atoms with van der Waals surface area (Å²) >= 11 is 0. The number of hydrogen-bond donors (Lipinski definition) is 0. The summed E-state index contributed by atoms with van der Waals surface area (Å²) in [5.74, 6) is 1.06. The van der Waals surface area contributed by atoms with E-state index >= 15 is 0 Å². The summed E-state index contributed by atoms with van der Waals surface area (Å²) in [5.41, 5.74) is 5.07. The van der Waals surface area contributed by atoms with Crippen LogP contribution in [0.15, 0.2) is 53.2 Å². The fourth-order valence-electron chi connectivity index (χ4n) is 4.02. The van der Waals surface area contributed by atoms with Gasteiger partial charge in [-0.25, -0.2) is 0 Å². The van der Waals surface area contributed by atoms with Crippen LogP contribution in [0.4, 0.5) is 0 Å². The predicted octanol–water partition coefficient (Wildman–Crippen LogP) is 7.85. The van der Waals surface area contributed by atoms with Crippen molar-refractivity contribution in [2.45, 2.75) is 92.1 Å². The predicted molar refractivity (Wildman–Crippen MR) is 140 cm³/mol. The average Bonchev–Trinajstić information content (AvgIpc) is 2.75. The van der Waals surface area contributed by atoms with E-state index in [9.17, 15) is 9.59 Å². The molecule has 1 unspecified atom stereocenters. The average molecular weight is 465 g/mol. The van der Waals surface area contributed by atoms with E-state index in [4.69, 9.17) is 9.47 Å². The molecular weight excluding hydrogens is 424 g/mol. The molecule has 1 atom stereocenters. The molecular formula is C30H40O4. The molecule has 4 heteroatoms. The van der Waals surface area contributed by atoms with Gasteiger partial charge in [-0.05, 0) is 109 Å². The second-order valence-corrected chi connectivity index (χ2v) is 9.70. The molecule has 0 aliphatic carbocycles. The number of esters is 1. The van der Waals surface area contributed by atoms with Gasteiger partial charge in [-0.15, -0.1) is 0 Å². The van der Waals surface area contributed by atoms with Crippen LogP contribution in [0.3, 0.4) is 0 Å². The fourth-order valence-corrected chi connectivity index (χ4v) is 4.02. The van der Waals surface area contributed by atoms with Crippen molar-refractivity contribution in [1.29, 1.82) is 0 Å². The lowest BCUT2D eigenvalue weighted by molar-refractivity contribution is -0.131. The van der Waals surface area contributed by atoms with E-state index in [0.29, 0.717) is 5.75 Å². The van der Waals surface area contributed by atoms with E-state index in [0.717, 1.165) is 73.7 Å². The van der Waals surface area contributed by atoms with Gasteiger partial charge >= 0.3 is 5.97 Å². The zero-order chi connectivity index (χ0) is 25.1. The molecule has 4 nitrogen and oxygen atoms in total. The number of benzene rings is 1. The molecule has 0 saturated heterocycles. The van der Waals surface area contributed by atoms with Crippen molar-refractivity contribution in [2.24, 2.45) is 0 Å². The van der Waals surface area contributed by atoms with E-state index < -0.39 is 0 Å². The van der Waals surface area contributed by atoms with Gasteiger partial charge in [0.1, 0.15) is 23.4 Å². The molecule has 0 N–H and O–H groups in total. The third-order valence-electron chi connectivity index (χ3n) is 5.94. The number of ether oxygens (including phenoxy) is 2. The molecule has 1 aromatic carbocycles. The van der Waals surface area contributed by atoms with Crippen LogP contribution in [-0.4, -0.2) is 17.9 Å². The lowest BCUT2D eigenvalue weighted by Gasteiger charge is -2.32. The number of aryl methyl sites for hydroxylation is 1. The highest BCUT2D eigenvalue weighted by atomic mass is 16.5. The first kappa shape index (κ1) is 27.4. The van der Waals surface area contributed by atoms with Gasteiger partial charge in [0.2, 0.25) is 0 Å². The first-order valence-electron chi connectivity index (χ1n) is 12.3. The number of fused-ring (bicyclic) bond motifs is 1. The highest BCUT2D eigenvalue weighted by Gasteiger charge is 2.28. The van der Waals surface area contributed by atoms with Gasteiger partial charge < -0.3 is 9.47 Å². The monoisotopic (exact) mass is 464 g/mol. The minimum atomic E-state index is -0.382. The Labute approximate surface area is 205 Å². The normalized spacial score (nSPS) is 17.6. The summed E-state index contributed by atoms with van der Waals surface area (Å²) in [6.07, 6.45) is 18.3. The Hall–Kier alpha value is -2.88. The van der Waals surface area contributed by atoms with Crippen molar-refractivity contribution in [3.8, 4) is 11.5 Å². The number of carbonyl (C=O) groups is 2. The van der Waals surface area contributed by atoms with Crippen LogP contribution in [0, 0.1) is 6.92 Å². The van der Waals surface area contributed by atoms with E-state index in [1.165, 1.54) is 18.1 Å². The molecule has 184 valence electrons. The largest absolute Gasteiger partial charge is 0.483 e. The van der Waals surface area contributed by atoms with Crippen molar-refractivity contribution in [2.75, 3.05) is 0 Å². The van der Waals surface area contributed by atoms with Gasteiger partial charge in [0.25, 0.3) is 0 Å². The van der Waals surface area contributed by atoms with Crippen LogP contribution in [0.5, 0.6) is 11.5 Å². The highest BCUT2D eigenvalue weighted by Crippen LogP contribution is 2.38. The summed E-state index contributed by atoms with van der Waals surface area (Å²) in [6, 6.07) is 3.68. The molecule has 0 saturated carbocycles. The fraction of sp³-hybridized carbons (Fsp3) is 0.467. The SMILES string of the molecule is CC(=O)Oc1cc(C)c2c(c1)C=CC(C)(CC/C=C(\C)CC/C=C(\C=O)CCCC=C(C)C)O2. The number of hydrogen-bond acceptors (Lipinski definition) is 4. The lowest BCUT2D eigenvalue weighted by Crippen LogP contribution is -2.32. The first-order chi connectivity index (χ1) is 16.1. The molecule has 2 rings (SSSR count).